The summed E-state index contributed by atoms with van der Waals surface area (Å²) in [7, 11) is -3.19. The Hall–Kier alpha value is -3.11. The molecule has 0 saturated heterocycles. The van der Waals surface area contributed by atoms with Gasteiger partial charge < -0.3 is 13.9 Å². The molecule has 0 aliphatic carbocycles. The molecule has 0 fully saturated rings. The van der Waals surface area contributed by atoms with E-state index in [0.717, 1.165) is 26.0 Å². The summed E-state index contributed by atoms with van der Waals surface area (Å²) in [6.45, 7) is 4.53. The van der Waals surface area contributed by atoms with Gasteiger partial charge in [-0.05, 0) is 80.1 Å². The van der Waals surface area contributed by atoms with Crippen molar-refractivity contribution in [3.8, 4) is 11.5 Å². The Balaban J connectivity index is 1.37. The van der Waals surface area contributed by atoms with Crippen molar-refractivity contribution in [2.24, 2.45) is 0 Å². The van der Waals surface area contributed by atoms with Crippen LogP contribution < -0.4 is 19.8 Å². The summed E-state index contributed by atoms with van der Waals surface area (Å²) in [4.78, 5) is 6.41. The molecular formula is C35H37BrF2N2O3Si. The lowest BCUT2D eigenvalue weighted by molar-refractivity contribution is -0.0821. The molecule has 0 radical (unpaired) electrons. The third-order valence-electron chi connectivity index (χ3n) is 8.58. The first-order valence-electron chi connectivity index (χ1n) is 15.7. The van der Waals surface area contributed by atoms with Crippen molar-refractivity contribution in [3.05, 3.63) is 112 Å². The van der Waals surface area contributed by atoms with Crippen LogP contribution in [-0.4, -0.2) is 50.1 Å². The highest BCUT2D eigenvalue weighted by atomic mass is 79.9. The first kappa shape index (κ1) is 28.4. The number of aromatic nitrogens is 1. The maximum absolute atomic E-state index is 16.5. The van der Waals surface area contributed by atoms with E-state index in [1.807, 2.05) is 79.7 Å². The molecule has 4 aromatic rings. The molecule has 0 amide bonds. The van der Waals surface area contributed by atoms with Crippen LogP contribution in [-0.2, 0) is 10.8 Å². The smallest absolute Gasteiger partial charge is 0.282 e. The molecule has 2 aliphatic rings. The monoisotopic (exact) mass is 680 g/mol. The van der Waals surface area contributed by atoms with Gasteiger partial charge in [-0.3, -0.25) is 9.88 Å². The van der Waals surface area contributed by atoms with Crippen LogP contribution in [0.1, 0.15) is 53.3 Å². The zero-order valence-corrected chi connectivity index (χ0v) is 27.8. The topological polar surface area (TPSA) is 43.8 Å². The van der Waals surface area contributed by atoms with E-state index in [2.05, 4.69) is 41.7 Å². The highest BCUT2D eigenvalue weighted by Gasteiger charge is 2.52. The van der Waals surface area contributed by atoms with Crippen LogP contribution in [0.15, 0.2) is 95.6 Å². The summed E-state index contributed by atoms with van der Waals surface area (Å²) in [6, 6.07) is 25.8. The summed E-state index contributed by atoms with van der Waals surface area (Å²) in [5.41, 5.74) is 2.21. The fraction of sp³-hybridized carbons (Fsp3) is 0.343. The molecule has 0 saturated carbocycles. The predicted molar refractivity (Wildman–Crippen MR) is 175 cm³/mol. The van der Waals surface area contributed by atoms with Gasteiger partial charge in [0.25, 0.3) is 14.2 Å². The molecule has 2 atom stereocenters. The summed E-state index contributed by atoms with van der Waals surface area (Å²) < 4.78 is 67.1. The summed E-state index contributed by atoms with van der Waals surface area (Å²) >= 11 is 3.44. The lowest BCUT2D eigenvalue weighted by Gasteiger charge is -2.45. The predicted octanol–water partition coefficient (Wildman–Crippen LogP) is 7.12. The van der Waals surface area contributed by atoms with Crippen molar-refractivity contribution >= 4 is 34.6 Å². The molecular weight excluding hydrogens is 642 g/mol. The molecule has 0 bridgehead atoms. The van der Waals surface area contributed by atoms with Crippen LogP contribution in [0, 0.1) is 0 Å². The number of benzene rings is 3. The number of halogens is 3. The molecule has 1 aromatic heterocycles. The SMILES string of the molecule is [2H]C1([2H])Oc2cc3c(cc2O1)[C@@H](c1ccc(Br)cn1)N(CC(F)(F)CO[Si](c1ccccc1)(c1ccccc1)C(C)(C)C)[C@H](C)C3. The number of nitrogens with zero attached hydrogens (tertiary/aromatic N) is 2. The Morgan fingerprint density at radius 1 is 0.977 bits per heavy atom. The van der Waals surface area contributed by atoms with E-state index in [0.29, 0.717) is 17.9 Å². The van der Waals surface area contributed by atoms with Crippen molar-refractivity contribution in [2.45, 2.75) is 57.2 Å². The Labute approximate surface area is 270 Å². The second-order valence-corrected chi connectivity index (χ2v) is 17.8. The Bertz CT molecular complexity index is 1650. The molecule has 0 N–H and O–H groups in total. The average molecular weight is 682 g/mol. The second-order valence-electron chi connectivity index (χ2n) is 12.6. The van der Waals surface area contributed by atoms with Gasteiger partial charge in [0.2, 0.25) is 6.75 Å². The number of pyridine rings is 1. The fourth-order valence-electron chi connectivity index (χ4n) is 6.60. The van der Waals surface area contributed by atoms with E-state index in [9.17, 15) is 0 Å². The summed E-state index contributed by atoms with van der Waals surface area (Å²) in [5.74, 6) is -2.68. The van der Waals surface area contributed by atoms with Gasteiger partial charge in [0.05, 0.1) is 24.9 Å². The normalized spacial score (nSPS) is 20.5. The average Bonchev–Trinajstić information content (AvgIpc) is 3.30. The largest absolute Gasteiger partial charge is 0.454 e. The van der Waals surface area contributed by atoms with Gasteiger partial charge in [-0.2, -0.15) is 0 Å². The first-order valence-corrected chi connectivity index (χ1v) is 17.4. The number of alkyl halides is 2. The maximum Gasteiger partial charge on any atom is 0.282 e. The number of hydrogen-bond acceptors (Lipinski definition) is 5. The van der Waals surface area contributed by atoms with E-state index < -0.39 is 45.2 Å². The molecule has 6 rings (SSSR count). The van der Waals surface area contributed by atoms with E-state index in [1.54, 1.807) is 23.2 Å². The van der Waals surface area contributed by atoms with Crippen molar-refractivity contribution in [1.82, 2.24) is 9.88 Å². The molecule has 0 spiro atoms. The Kier molecular flexibility index (Phi) is 7.74. The minimum Gasteiger partial charge on any atom is -0.454 e. The molecule has 230 valence electrons. The van der Waals surface area contributed by atoms with Crippen molar-refractivity contribution in [2.75, 3.05) is 19.9 Å². The van der Waals surface area contributed by atoms with Gasteiger partial charge in [-0.25, -0.2) is 8.78 Å². The number of rotatable bonds is 8. The molecule has 3 heterocycles. The third-order valence-corrected chi connectivity index (χ3v) is 14.0. The number of hydrogen-bond donors (Lipinski definition) is 0. The van der Waals surface area contributed by atoms with Gasteiger partial charge in [-0.15, -0.1) is 0 Å². The van der Waals surface area contributed by atoms with Crippen LogP contribution in [0.3, 0.4) is 0 Å². The highest BCUT2D eigenvalue weighted by molar-refractivity contribution is 9.10. The Morgan fingerprint density at radius 3 is 2.16 bits per heavy atom. The molecule has 0 unspecified atom stereocenters. The van der Waals surface area contributed by atoms with Crippen LogP contribution in [0.25, 0.3) is 0 Å². The summed E-state index contributed by atoms with van der Waals surface area (Å²) in [5, 5.41) is 1.44. The van der Waals surface area contributed by atoms with Gasteiger partial charge in [0.1, 0.15) is 2.74 Å². The van der Waals surface area contributed by atoms with Crippen molar-refractivity contribution < 1.29 is 25.4 Å². The third kappa shape index (κ3) is 5.83. The van der Waals surface area contributed by atoms with Crippen LogP contribution in [0.5, 0.6) is 11.5 Å². The zero-order valence-electron chi connectivity index (χ0n) is 27.2. The molecule has 5 nitrogen and oxygen atoms in total. The van der Waals surface area contributed by atoms with Crippen LogP contribution in [0.4, 0.5) is 8.78 Å². The molecule has 9 heteroatoms. The van der Waals surface area contributed by atoms with E-state index in [-0.39, 0.29) is 11.8 Å². The number of ether oxygens (including phenoxy) is 2. The first-order chi connectivity index (χ1) is 21.7. The summed E-state index contributed by atoms with van der Waals surface area (Å²) in [6.07, 6.45) is 2.12. The standard InChI is InChI=1S/C35H37BrF2N2O3Si/c1-24-17-25-18-31-32(42-23-41-31)19-29(25)33(30-16-15-26(36)20-39-30)40(24)21-35(37,38)22-43-44(34(2,3)4,27-11-7-5-8-12-27)28-13-9-6-10-14-28/h5-16,18-20,24,33H,17,21-23H2,1-4H3/t24-,33+/m1/s1/i23D2. The number of fused-ring (bicyclic) bond motifs is 2. The molecule has 3 aromatic carbocycles. The second kappa shape index (κ2) is 12.0. The lowest BCUT2D eigenvalue weighted by atomic mass is 9.86. The Morgan fingerprint density at radius 2 is 1.59 bits per heavy atom. The van der Waals surface area contributed by atoms with Crippen LogP contribution >= 0.6 is 15.9 Å². The lowest BCUT2D eigenvalue weighted by Crippen LogP contribution is -2.67. The molecule has 2 aliphatic heterocycles. The minimum atomic E-state index is -3.22. The van der Waals surface area contributed by atoms with Crippen molar-refractivity contribution in [1.29, 1.82) is 0 Å². The van der Waals surface area contributed by atoms with Gasteiger partial charge in [-0.1, -0.05) is 81.4 Å². The van der Waals surface area contributed by atoms with Crippen molar-refractivity contribution in [3.63, 3.8) is 0 Å². The highest BCUT2D eigenvalue weighted by Crippen LogP contribution is 2.45. The minimum absolute atomic E-state index is 0.238. The van der Waals surface area contributed by atoms with E-state index >= 15 is 8.78 Å². The fourth-order valence-corrected chi connectivity index (χ4v) is 11.4. The van der Waals surface area contributed by atoms with Gasteiger partial charge in [0.15, 0.2) is 11.5 Å². The maximum atomic E-state index is 16.5. The quantitative estimate of drug-likeness (QED) is 0.186. The molecule has 44 heavy (non-hydrogen) atoms. The zero-order chi connectivity index (χ0) is 32.9. The van der Waals surface area contributed by atoms with Crippen LogP contribution in [0.2, 0.25) is 5.04 Å². The van der Waals surface area contributed by atoms with E-state index in [1.165, 1.54) is 0 Å². The van der Waals surface area contributed by atoms with Gasteiger partial charge >= 0.3 is 0 Å². The van der Waals surface area contributed by atoms with Gasteiger partial charge in [0, 0.05) is 16.7 Å². The van der Waals surface area contributed by atoms with E-state index in [4.69, 9.17) is 16.6 Å².